The van der Waals surface area contributed by atoms with Crippen LogP contribution in [-0.2, 0) is 4.79 Å². The van der Waals surface area contributed by atoms with Gasteiger partial charge in [-0.1, -0.05) is 19.2 Å². The van der Waals surface area contributed by atoms with Crippen molar-refractivity contribution in [1.29, 1.82) is 5.26 Å². The van der Waals surface area contributed by atoms with Gasteiger partial charge in [0.05, 0.1) is 16.8 Å². The van der Waals surface area contributed by atoms with Crippen LogP contribution >= 0.6 is 0 Å². The number of ether oxygens (including phenoxy) is 1. The monoisotopic (exact) mass is 907 g/mol. The third-order valence-electron chi connectivity index (χ3n) is 7.82. The third-order valence-corrected chi connectivity index (χ3v) is 7.82. The number of terminal acetylenes is 1. The van der Waals surface area contributed by atoms with Crippen LogP contribution in [0.1, 0.15) is 80.5 Å². The molecule has 3 amide bonds. The second kappa shape index (κ2) is 16.8. The van der Waals surface area contributed by atoms with Gasteiger partial charge >= 0.3 is 0 Å². The molecule has 0 aliphatic heterocycles. The summed E-state index contributed by atoms with van der Waals surface area (Å²) in [6, 6.07) is 10.8. The molecule has 1 atom stereocenters. The molecule has 0 unspecified atom stereocenters. The molecule has 1 saturated carbocycles. The second-order valence-electron chi connectivity index (χ2n) is 11.5. The molecular formula is C37H39LrN7O4-2. The van der Waals surface area contributed by atoms with Gasteiger partial charge in [-0.2, -0.15) is 5.26 Å². The molecule has 11 nitrogen and oxygen atoms in total. The normalized spacial score (nSPS) is 12.4. The van der Waals surface area contributed by atoms with Crippen LogP contribution in [0.5, 0.6) is 5.75 Å². The van der Waals surface area contributed by atoms with Crippen molar-refractivity contribution in [1.82, 2.24) is 25.1 Å². The van der Waals surface area contributed by atoms with E-state index in [1.165, 1.54) is 29.8 Å². The number of carbonyl (C=O) groups excluding carboxylic acids is 3. The van der Waals surface area contributed by atoms with Crippen molar-refractivity contribution < 1.29 is 19.1 Å². The predicted octanol–water partition coefficient (Wildman–Crippen LogP) is 4.87. The van der Waals surface area contributed by atoms with E-state index in [0.717, 1.165) is 18.4 Å². The summed E-state index contributed by atoms with van der Waals surface area (Å²) < 4.78 is 6.57. The smallest absolute Gasteiger partial charge is 0.257 e. The molecule has 0 bridgehead atoms. The van der Waals surface area contributed by atoms with E-state index in [2.05, 4.69) is 35.2 Å². The van der Waals surface area contributed by atoms with Crippen molar-refractivity contribution in [2.24, 2.45) is 0 Å². The van der Waals surface area contributed by atoms with Gasteiger partial charge in [-0.05, 0) is 93.1 Å². The molecular weight excluding hydrogens is 868 g/mol. The predicted molar refractivity (Wildman–Crippen MR) is 182 cm³/mol. The Morgan fingerprint density at radius 2 is 1.90 bits per heavy atom. The molecule has 4 rings (SSSR count). The maximum absolute atomic E-state index is 13.4. The molecule has 1 fully saturated rings. The number of rotatable bonds is 15. The van der Waals surface area contributed by atoms with Crippen molar-refractivity contribution in [2.75, 3.05) is 31.5 Å². The number of nitrogens with zero attached hydrogens (tertiary/aromatic N) is 5. The molecule has 12 heteroatoms. The summed E-state index contributed by atoms with van der Waals surface area (Å²) >= 11 is 0. The Bertz CT molecular complexity index is 1760. The summed E-state index contributed by atoms with van der Waals surface area (Å²) in [4.78, 5) is 51.1. The number of nitrogens with one attached hydrogen (secondary N) is 2. The number of aromatic nitrogens is 2. The minimum atomic E-state index is -0.673. The van der Waals surface area contributed by atoms with Gasteiger partial charge in [0, 0.05) is 37.6 Å². The van der Waals surface area contributed by atoms with E-state index in [9.17, 15) is 14.4 Å². The Labute approximate surface area is 282 Å². The number of aryl methyl sites for hydroxylation is 2. The molecule has 1 radical (unpaired) electrons. The Hall–Kier alpha value is -6.65. The maximum Gasteiger partial charge on any atom is 0.257 e. The Balaban J connectivity index is 0.00000650. The molecule has 1 aliphatic rings. The van der Waals surface area contributed by atoms with Gasteiger partial charge in [0.1, 0.15) is 17.6 Å². The van der Waals surface area contributed by atoms with E-state index in [1.54, 1.807) is 37.8 Å². The van der Waals surface area contributed by atoms with Crippen LogP contribution in [0, 0.1) is 51.1 Å². The Kier molecular flexibility index (Phi) is 12.6. The summed E-state index contributed by atoms with van der Waals surface area (Å²) in [5.74, 6) is 2.24. The summed E-state index contributed by atoms with van der Waals surface area (Å²) in [5.41, 5.74) is 3.78. The summed E-state index contributed by atoms with van der Waals surface area (Å²) in [5, 5.41) is 14.7. The van der Waals surface area contributed by atoms with Crippen LogP contribution in [0.2, 0.25) is 0 Å². The van der Waals surface area contributed by atoms with Crippen LogP contribution in [0.25, 0.3) is 0 Å². The SMILES string of the molecule is C#C[CH-]N(CCN([CH2-])C[C@@H](Oc1cc(C)c(C(=O)Nc2ncc(C#N)cc2C)cc1C(=O)NCC)c1ccc(C2CC2)cn1)C(=O)C=C.[Lr]. The first-order valence-electron chi connectivity index (χ1n) is 15.6. The van der Waals surface area contributed by atoms with E-state index in [-0.39, 0.29) is 35.9 Å². The number of nitriles is 1. The molecule has 0 spiro atoms. The fraction of sp³-hybridized carbons (Fsp3) is 0.297. The van der Waals surface area contributed by atoms with Crippen molar-refractivity contribution >= 4 is 23.5 Å². The zero-order chi connectivity index (χ0) is 34.8. The fourth-order valence-corrected chi connectivity index (χ4v) is 5.03. The van der Waals surface area contributed by atoms with Crippen LogP contribution in [0.15, 0.2) is 55.4 Å². The zero-order valence-corrected chi connectivity index (χ0v) is 29.9. The molecule has 2 N–H and O–H groups in total. The van der Waals surface area contributed by atoms with Crippen molar-refractivity contribution in [3.8, 4) is 24.2 Å². The minimum absolute atomic E-state index is 0. The molecule has 3 aromatic rings. The van der Waals surface area contributed by atoms with Crippen LogP contribution in [0.3, 0.4) is 0 Å². The third kappa shape index (κ3) is 9.44. The van der Waals surface area contributed by atoms with Gasteiger partial charge in [0.2, 0.25) is 5.91 Å². The van der Waals surface area contributed by atoms with E-state index in [1.807, 2.05) is 24.4 Å². The summed E-state index contributed by atoms with van der Waals surface area (Å²) in [6.07, 6.45) is 11.4. The van der Waals surface area contributed by atoms with E-state index >= 15 is 0 Å². The number of hydrogen-bond acceptors (Lipinski definition) is 8. The van der Waals surface area contributed by atoms with Crippen molar-refractivity contribution in [3.05, 3.63) is 108 Å². The molecule has 2 heterocycles. The molecule has 1 aliphatic carbocycles. The number of amides is 3. The first-order chi connectivity index (χ1) is 23.1. The first kappa shape index (κ1) is 36.8. The number of carbonyl (C=O) groups is 3. The van der Waals surface area contributed by atoms with Gasteiger partial charge in [-0.15, -0.1) is 0 Å². The maximum atomic E-state index is 13.4. The van der Waals surface area contributed by atoms with E-state index in [0.29, 0.717) is 47.2 Å². The summed E-state index contributed by atoms with van der Waals surface area (Å²) in [6.45, 7) is 11.4. The number of hydrogen-bond donors (Lipinski definition) is 2. The first-order valence-corrected chi connectivity index (χ1v) is 15.6. The van der Waals surface area contributed by atoms with E-state index < -0.39 is 17.9 Å². The summed E-state index contributed by atoms with van der Waals surface area (Å²) in [7, 11) is 4.16. The molecule has 0 saturated heterocycles. The molecule has 2 aromatic heterocycles. The van der Waals surface area contributed by atoms with Gasteiger partial charge in [0.15, 0.2) is 6.10 Å². The largest absolute Gasteiger partial charge is 0.482 e. The Morgan fingerprint density at radius 3 is 2.49 bits per heavy atom. The molecule has 49 heavy (non-hydrogen) atoms. The van der Waals surface area contributed by atoms with Gasteiger partial charge in [-0.3, -0.25) is 32.3 Å². The molecule has 1 aromatic carbocycles. The van der Waals surface area contributed by atoms with Crippen LogP contribution in [-0.4, -0.2) is 63.7 Å². The van der Waals surface area contributed by atoms with Gasteiger partial charge in [-0.25, -0.2) is 4.98 Å². The van der Waals surface area contributed by atoms with Crippen LogP contribution < -0.4 is 15.4 Å². The number of pyridine rings is 2. The van der Waals surface area contributed by atoms with Gasteiger partial charge < -0.3 is 31.6 Å². The topological polar surface area (TPSA) is 141 Å². The van der Waals surface area contributed by atoms with Crippen LogP contribution in [0.4, 0.5) is 5.82 Å². The van der Waals surface area contributed by atoms with Crippen molar-refractivity contribution in [3.63, 3.8) is 0 Å². The standard InChI is InChI=1S/C37H39N7O4.Lr/c1-7-14-44(34(45)8-2)16-15-43(6)23-33(31-13-12-28(22-40-31)27-10-11-27)48-32-18-24(4)29(19-30(32)36(46)39-9-3)37(47)42-35-25(5)17-26(20-38)21-41-35;/h1,8,12-14,17-19,21-22,27,33H,2,6,9-11,15-16,23H2,3-5H3,(H,39,46)(H,41,42,47);/q-2;/t33-;/m1./s1. The average Bonchev–Trinajstić information content (AvgIpc) is 3.93. The zero-order valence-electron chi connectivity index (χ0n) is 27.7. The number of anilines is 1. The quantitative estimate of drug-likeness (QED) is 0.125. The average molecular weight is 908 g/mol. The molecule has 263 valence electrons. The van der Waals surface area contributed by atoms with Gasteiger partial charge in [0.25, 0.3) is 11.8 Å². The van der Waals surface area contributed by atoms with Crippen molar-refractivity contribution in [2.45, 2.75) is 45.6 Å². The number of benzene rings is 1. The Morgan fingerprint density at radius 1 is 1.14 bits per heavy atom. The second-order valence-corrected chi connectivity index (χ2v) is 11.5. The minimum Gasteiger partial charge on any atom is -0.482 e. The van der Waals surface area contributed by atoms with E-state index in [4.69, 9.17) is 21.4 Å². The fourth-order valence-electron chi connectivity index (χ4n) is 5.03.